The van der Waals surface area contributed by atoms with Gasteiger partial charge in [-0.05, 0) is 42.7 Å². The van der Waals surface area contributed by atoms with E-state index < -0.39 is 0 Å². The molecule has 0 saturated carbocycles. The van der Waals surface area contributed by atoms with E-state index in [1.54, 1.807) is 0 Å². The number of hydrogen-bond donors (Lipinski definition) is 1. The molecule has 0 aliphatic heterocycles. The molecule has 2 unspecified atom stereocenters. The summed E-state index contributed by atoms with van der Waals surface area (Å²) in [6.45, 7) is 4.30. The summed E-state index contributed by atoms with van der Waals surface area (Å²) in [6, 6.07) is 8.47. The summed E-state index contributed by atoms with van der Waals surface area (Å²) in [6.07, 6.45) is 4.03. The van der Waals surface area contributed by atoms with Crippen LogP contribution < -0.4 is 5.73 Å². The first-order chi connectivity index (χ1) is 10.1. The van der Waals surface area contributed by atoms with Crippen LogP contribution in [0.15, 0.2) is 28.8 Å². The Morgan fingerprint density at radius 3 is 2.81 bits per heavy atom. The van der Waals surface area contributed by atoms with Gasteiger partial charge in [-0.2, -0.15) is 4.98 Å². The van der Waals surface area contributed by atoms with Crippen LogP contribution in [0.5, 0.6) is 0 Å². The highest BCUT2D eigenvalue weighted by Gasteiger charge is 2.25. The van der Waals surface area contributed by atoms with Gasteiger partial charge in [0, 0.05) is 5.92 Å². The second-order valence-electron chi connectivity index (χ2n) is 6.44. The Labute approximate surface area is 125 Å². The third-order valence-corrected chi connectivity index (χ3v) is 4.21. The van der Waals surface area contributed by atoms with Gasteiger partial charge in [0.05, 0.1) is 6.04 Å². The summed E-state index contributed by atoms with van der Waals surface area (Å²) in [5, 5.41) is 4.18. The average Bonchev–Trinajstić information content (AvgIpc) is 2.96. The van der Waals surface area contributed by atoms with Crippen molar-refractivity contribution in [3.63, 3.8) is 0 Å². The first-order valence-corrected chi connectivity index (χ1v) is 7.79. The number of aryl methyl sites for hydroxylation is 1. The Morgan fingerprint density at radius 2 is 2.05 bits per heavy atom. The fourth-order valence-electron chi connectivity index (χ4n) is 3.09. The molecule has 1 aliphatic carbocycles. The minimum atomic E-state index is -0.151. The van der Waals surface area contributed by atoms with Crippen LogP contribution in [0.2, 0.25) is 0 Å². The van der Waals surface area contributed by atoms with Gasteiger partial charge in [0.2, 0.25) is 5.89 Å². The smallest absolute Gasteiger partial charge is 0.243 e. The van der Waals surface area contributed by atoms with E-state index in [4.69, 9.17) is 10.3 Å². The van der Waals surface area contributed by atoms with Gasteiger partial charge < -0.3 is 10.3 Å². The molecule has 0 spiro atoms. The van der Waals surface area contributed by atoms with E-state index in [0.717, 1.165) is 31.5 Å². The maximum atomic E-state index is 6.12. The number of nitrogens with zero attached hydrogens (tertiary/aromatic N) is 2. The largest absolute Gasteiger partial charge is 0.338 e. The third kappa shape index (κ3) is 3.16. The van der Waals surface area contributed by atoms with Crippen LogP contribution in [-0.2, 0) is 12.8 Å². The maximum absolute atomic E-state index is 6.12. The Balaban J connectivity index is 1.73. The van der Waals surface area contributed by atoms with Crippen LogP contribution in [0.4, 0.5) is 0 Å². The van der Waals surface area contributed by atoms with Gasteiger partial charge in [-0.1, -0.05) is 43.3 Å². The molecule has 21 heavy (non-hydrogen) atoms. The Bertz CT molecular complexity index is 606. The zero-order chi connectivity index (χ0) is 14.8. The highest BCUT2D eigenvalue weighted by molar-refractivity contribution is 5.31. The van der Waals surface area contributed by atoms with Gasteiger partial charge in [0.1, 0.15) is 0 Å². The van der Waals surface area contributed by atoms with Crippen LogP contribution in [0.3, 0.4) is 0 Å². The molecular weight excluding hydrogens is 262 g/mol. The molecule has 4 nitrogen and oxygen atoms in total. The van der Waals surface area contributed by atoms with Crippen molar-refractivity contribution in [2.75, 3.05) is 0 Å². The summed E-state index contributed by atoms with van der Waals surface area (Å²) in [5.41, 5.74) is 8.98. The monoisotopic (exact) mass is 285 g/mol. The Morgan fingerprint density at radius 1 is 1.29 bits per heavy atom. The standard InChI is InChI=1S/C17H23N3O/c1-11(2)9-15(18)17-19-16(20-21-17)14-8-7-12-5-3-4-6-13(12)10-14/h3-6,11,14-15H,7-10,18H2,1-2H3. The average molecular weight is 285 g/mol. The quantitative estimate of drug-likeness (QED) is 0.935. The van der Waals surface area contributed by atoms with Crippen molar-refractivity contribution in [2.45, 2.75) is 51.5 Å². The fourth-order valence-corrected chi connectivity index (χ4v) is 3.09. The molecule has 112 valence electrons. The van der Waals surface area contributed by atoms with Crippen molar-refractivity contribution in [3.8, 4) is 0 Å². The lowest BCUT2D eigenvalue weighted by atomic mass is 9.83. The summed E-state index contributed by atoms with van der Waals surface area (Å²) < 4.78 is 5.38. The summed E-state index contributed by atoms with van der Waals surface area (Å²) in [5.74, 6) is 2.27. The summed E-state index contributed by atoms with van der Waals surface area (Å²) in [7, 11) is 0. The number of rotatable bonds is 4. The normalized spacial score (nSPS) is 19.5. The van der Waals surface area contributed by atoms with Gasteiger partial charge >= 0.3 is 0 Å². The Kier molecular flexibility index (Phi) is 4.06. The molecule has 4 heteroatoms. The molecule has 1 heterocycles. The lowest BCUT2D eigenvalue weighted by molar-refractivity contribution is 0.329. The minimum Gasteiger partial charge on any atom is -0.338 e. The highest BCUT2D eigenvalue weighted by atomic mass is 16.5. The number of benzene rings is 1. The van der Waals surface area contributed by atoms with E-state index in [1.807, 2.05) is 0 Å². The van der Waals surface area contributed by atoms with Gasteiger partial charge in [0.15, 0.2) is 5.82 Å². The van der Waals surface area contributed by atoms with Crippen molar-refractivity contribution in [1.82, 2.24) is 10.1 Å². The van der Waals surface area contributed by atoms with E-state index in [2.05, 4.69) is 48.3 Å². The van der Waals surface area contributed by atoms with Gasteiger partial charge in [0.25, 0.3) is 0 Å². The first-order valence-electron chi connectivity index (χ1n) is 7.79. The van der Waals surface area contributed by atoms with Gasteiger partial charge in [-0.3, -0.25) is 0 Å². The first kappa shape index (κ1) is 14.3. The van der Waals surface area contributed by atoms with E-state index in [9.17, 15) is 0 Å². The SMILES string of the molecule is CC(C)CC(N)c1nc(C2CCc3ccccc3C2)no1. The second-order valence-corrected chi connectivity index (χ2v) is 6.44. The molecular formula is C17H23N3O. The zero-order valence-electron chi connectivity index (χ0n) is 12.7. The van der Waals surface area contributed by atoms with Crippen molar-refractivity contribution < 1.29 is 4.52 Å². The maximum Gasteiger partial charge on any atom is 0.243 e. The molecule has 1 aromatic heterocycles. The van der Waals surface area contributed by atoms with Crippen LogP contribution in [0.1, 0.15) is 61.5 Å². The number of hydrogen-bond acceptors (Lipinski definition) is 4. The number of nitrogens with two attached hydrogens (primary N) is 1. The third-order valence-electron chi connectivity index (χ3n) is 4.21. The number of aromatic nitrogens is 2. The van der Waals surface area contributed by atoms with Crippen LogP contribution in [0.25, 0.3) is 0 Å². The molecule has 0 radical (unpaired) electrons. The van der Waals surface area contributed by atoms with Crippen molar-refractivity contribution in [3.05, 3.63) is 47.1 Å². The van der Waals surface area contributed by atoms with E-state index in [-0.39, 0.29) is 6.04 Å². The number of fused-ring (bicyclic) bond motifs is 1. The lowest BCUT2D eigenvalue weighted by Crippen LogP contribution is -2.15. The van der Waals surface area contributed by atoms with Crippen molar-refractivity contribution in [2.24, 2.45) is 11.7 Å². The lowest BCUT2D eigenvalue weighted by Gasteiger charge is -2.21. The van der Waals surface area contributed by atoms with E-state index in [0.29, 0.717) is 17.7 Å². The molecule has 0 saturated heterocycles. The summed E-state index contributed by atoms with van der Waals surface area (Å²) >= 11 is 0. The second kappa shape index (κ2) is 5.98. The van der Waals surface area contributed by atoms with Gasteiger partial charge in [-0.15, -0.1) is 0 Å². The molecule has 0 bridgehead atoms. The molecule has 1 aliphatic rings. The van der Waals surface area contributed by atoms with E-state index >= 15 is 0 Å². The highest BCUT2D eigenvalue weighted by Crippen LogP contribution is 2.31. The van der Waals surface area contributed by atoms with Crippen LogP contribution in [0, 0.1) is 5.92 Å². The predicted molar refractivity (Wildman–Crippen MR) is 81.9 cm³/mol. The minimum absolute atomic E-state index is 0.151. The van der Waals surface area contributed by atoms with E-state index in [1.165, 1.54) is 11.1 Å². The molecule has 3 rings (SSSR count). The zero-order valence-corrected chi connectivity index (χ0v) is 12.7. The molecule has 2 atom stereocenters. The molecule has 2 N–H and O–H groups in total. The van der Waals surface area contributed by atoms with Crippen LogP contribution in [-0.4, -0.2) is 10.1 Å². The van der Waals surface area contributed by atoms with Gasteiger partial charge in [-0.25, -0.2) is 0 Å². The Hall–Kier alpha value is -1.68. The molecule has 2 aromatic rings. The topological polar surface area (TPSA) is 64.9 Å². The van der Waals surface area contributed by atoms with Crippen LogP contribution >= 0.6 is 0 Å². The van der Waals surface area contributed by atoms with Crippen molar-refractivity contribution in [1.29, 1.82) is 0 Å². The molecule has 0 fully saturated rings. The van der Waals surface area contributed by atoms with Crippen molar-refractivity contribution >= 4 is 0 Å². The molecule has 0 amide bonds. The molecule has 1 aromatic carbocycles. The predicted octanol–water partition coefficient (Wildman–Crippen LogP) is 3.39. The fraction of sp³-hybridized carbons (Fsp3) is 0.529. The summed E-state index contributed by atoms with van der Waals surface area (Å²) in [4.78, 5) is 4.56.